The number of aliphatic carboxylic acids is 1. The summed E-state index contributed by atoms with van der Waals surface area (Å²) < 4.78 is 0. The van der Waals surface area contributed by atoms with Gasteiger partial charge in [-0.25, -0.2) is 4.79 Å². The first-order chi connectivity index (χ1) is 11.6. The third-order valence-corrected chi connectivity index (χ3v) is 3.01. The summed E-state index contributed by atoms with van der Waals surface area (Å²) in [6.45, 7) is 2.90. The van der Waals surface area contributed by atoms with Crippen LogP contribution in [0.25, 0.3) is 0 Å². The third kappa shape index (κ3) is 9.91. The number of rotatable bonds is 11. The topological polar surface area (TPSA) is 194 Å². The van der Waals surface area contributed by atoms with Gasteiger partial charge in [-0.3, -0.25) is 19.2 Å². The van der Waals surface area contributed by atoms with Crippen molar-refractivity contribution in [2.24, 2.45) is 17.4 Å². The molecule has 2 atom stereocenters. The number of carboxylic acid groups (broad SMARTS) is 1. The molecule has 0 aromatic heterocycles. The van der Waals surface area contributed by atoms with Crippen LogP contribution in [0, 0.1) is 5.92 Å². The standard InChI is InChI=1S/C14H25N5O6/c1-7(2)3-8(18-11(21)5-15)13(23)17-6-12(22)19-9(14(24)25)4-10(16)20/h7-9H,3-6,15H2,1-2H3,(H2,16,20)(H,17,23)(H,18,21)(H,19,22)(H,24,25). The Labute approximate surface area is 144 Å². The summed E-state index contributed by atoms with van der Waals surface area (Å²) in [5.41, 5.74) is 10.1. The van der Waals surface area contributed by atoms with E-state index in [0.29, 0.717) is 6.42 Å². The molecule has 25 heavy (non-hydrogen) atoms. The van der Waals surface area contributed by atoms with Gasteiger partial charge in [-0.05, 0) is 12.3 Å². The first-order valence-corrected chi connectivity index (χ1v) is 7.64. The minimum Gasteiger partial charge on any atom is -0.480 e. The molecule has 0 spiro atoms. The molecule has 4 amide bonds. The van der Waals surface area contributed by atoms with Gasteiger partial charge in [0.2, 0.25) is 23.6 Å². The fourth-order valence-corrected chi connectivity index (χ4v) is 1.89. The van der Waals surface area contributed by atoms with Crippen molar-refractivity contribution in [2.75, 3.05) is 13.1 Å². The van der Waals surface area contributed by atoms with E-state index in [1.807, 2.05) is 13.8 Å². The van der Waals surface area contributed by atoms with Crippen LogP contribution in [0.4, 0.5) is 0 Å². The maximum Gasteiger partial charge on any atom is 0.326 e. The van der Waals surface area contributed by atoms with Gasteiger partial charge in [0.1, 0.15) is 12.1 Å². The molecule has 0 heterocycles. The van der Waals surface area contributed by atoms with Gasteiger partial charge in [0.15, 0.2) is 0 Å². The number of nitrogens with one attached hydrogen (secondary N) is 3. The number of hydrogen-bond donors (Lipinski definition) is 6. The minimum atomic E-state index is -1.48. The summed E-state index contributed by atoms with van der Waals surface area (Å²) in [5, 5.41) is 15.7. The Balaban J connectivity index is 4.64. The van der Waals surface area contributed by atoms with Crippen molar-refractivity contribution in [1.82, 2.24) is 16.0 Å². The second-order valence-electron chi connectivity index (χ2n) is 5.80. The van der Waals surface area contributed by atoms with E-state index in [1.165, 1.54) is 0 Å². The van der Waals surface area contributed by atoms with Crippen molar-refractivity contribution in [3.8, 4) is 0 Å². The zero-order valence-corrected chi connectivity index (χ0v) is 14.2. The van der Waals surface area contributed by atoms with Gasteiger partial charge >= 0.3 is 5.97 Å². The van der Waals surface area contributed by atoms with Crippen molar-refractivity contribution >= 4 is 29.6 Å². The molecule has 0 bridgehead atoms. The maximum atomic E-state index is 12.1. The van der Waals surface area contributed by atoms with E-state index < -0.39 is 54.6 Å². The lowest BCUT2D eigenvalue weighted by molar-refractivity contribution is -0.143. The first-order valence-electron chi connectivity index (χ1n) is 7.64. The van der Waals surface area contributed by atoms with Crippen molar-refractivity contribution in [2.45, 2.75) is 38.8 Å². The second kappa shape index (κ2) is 11.0. The van der Waals surface area contributed by atoms with E-state index in [4.69, 9.17) is 16.6 Å². The lowest BCUT2D eigenvalue weighted by Gasteiger charge is -2.20. The predicted octanol–water partition coefficient (Wildman–Crippen LogP) is -2.96. The highest BCUT2D eigenvalue weighted by Crippen LogP contribution is 2.04. The summed E-state index contributed by atoms with van der Waals surface area (Å²) in [5.74, 6) is -4.15. The van der Waals surface area contributed by atoms with E-state index >= 15 is 0 Å². The Hall–Kier alpha value is -2.69. The smallest absolute Gasteiger partial charge is 0.326 e. The van der Waals surface area contributed by atoms with E-state index in [0.717, 1.165) is 0 Å². The van der Waals surface area contributed by atoms with Crippen molar-refractivity contribution in [1.29, 1.82) is 0 Å². The monoisotopic (exact) mass is 359 g/mol. The summed E-state index contributed by atoms with van der Waals surface area (Å²) in [7, 11) is 0. The van der Waals surface area contributed by atoms with Crippen molar-refractivity contribution in [3.05, 3.63) is 0 Å². The molecule has 11 nitrogen and oxygen atoms in total. The molecule has 0 aromatic rings. The number of carbonyl (C=O) groups is 5. The summed E-state index contributed by atoms with van der Waals surface area (Å²) in [6, 6.07) is -2.35. The Morgan fingerprint density at radius 2 is 1.56 bits per heavy atom. The summed E-state index contributed by atoms with van der Waals surface area (Å²) in [4.78, 5) is 56.9. The van der Waals surface area contributed by atoms with Crippen LogP contribution in [0.5, 0.6) is 0 Å². The number of amides is 4. The fraction of sp³-hybridized carbons (Fsp3) is 0.643. The average molecular weight is 359 g/mol. The van der Waals surface area contributed by atoms with Gasteiger partial charge in [0.05, 0.1) is 19.5 Å². The number of nitrogens with two attached hydrogens (primary N) is 2. The Kier molecular flexibility index (Phi) is 9.79. The SMILES string of the molecule is CC(C)CC(NC(=O)CN)C(=O)NCC(=O)NC(CC(N)=O)C(=O)O. The molecule has 11 heteroatoms. The molecule has 0 saturated heterocycles. The molecule has 0 radical (unpaired) electrons. The van der Waals surface area contributed by atoms with Crippen molar-refractivity contribution in [3.63, 3.8) is 0 Å². The van der Waals surface area contributed by atoms with Gasteiger partial charge in [-0.15, -0.1) is 0 Å². The zero-order chi connectivity index (χ0) is 19.6. The molecule has 2 unspecified atom stereocenters. The molecule has 0 aromatic carbocycles. The van der Waals surface area contributed by atoms with Crippen molar-refractivity contribution < 1.29 is 29.1 Å². The van der Waals surface area contributed by atoms with Gasteiger partial charge in [0, 0.05) is 0 Å². The maximum absolute atomic E-state index is 12.1. The van der Waals surface area contributed by atoms with Crippen LogP contribution < -0.4 is 27.4 Å². The Bertz CT molecular complexity index is 522. The highest BCUT2D eigenvalue weighted by Gasteiger charge is 2.24. The second-order valence-corrected chi connectivity index (χ2v) is 5.80. The molecule has 0 aliphatic rings. The number of carboxylic acids is 1. The Morgan fingerprint density at radius 1 is 1.00 bits per heavy atom. The molecule has 0 saturated carbocycles. The van der Waals surface area contributed by atoms with Gasteiger partial charge in [0.25, 0.3) is 0 Å². The van der Waals surface area contributed by atoms with E-state index in [2.05, 4.69) is 16.0 Å². The number of carbonyl (C=O) groups excluding carboxylic acids is 4. The van der Waals surface area contributed by atoms with Gasteiger partial charge in [-0.2, -0.15) is 0 Å². The Morgan fingerprint density at radius 3 is 2.00 bits per heavy atom. The van der Waals surface area contributed by atoms with Crippen LogP contribution in [0.15, 0.2) is 0 Å². The normalized spacial score (nSPS) is 12.8. The summed E-state index contributed by atoms with van der Waals surface area (Å²) >= 11 is 0. The molecule has 0 aliphatic carbocycles. The largest absolute Gasteiger partial charge is 0.480 e. The number of primary amides is 1. The molecule has 142 valence electrons. The minimum absolute atomic E-state index is 0.0922. The van der Waals surface area contributed by atoms with Crippen LogP contribution in [-0.4, -0.2) is 59.9 Å². The predicted molar refractivity (Wildman–Crippen MR) is 86.8 cm³/mol. The molecule has 0 fully saturated rings. The lowest BCUT2D eigenvalue weighted by Crippen LogP contribution is -2.52. The highest BCUT2D eigenvalue weighted by molar-refractivity contribution is 5.92. The highest BCUT2D eigenvalue weighted by atomic mass is 16.4. The quantitative estimate of drug-likeness (QED) is 0.227. The third-order valence-electron chi connectivity index (χ3n) is 3.01. The van der Waals surface area contributed by atoms with Gasteiger partial charge in [-0.1, -0.05) is 13.8 Å². The van der Waals surface area contributed by atoms with E-state index in [1.54, 1.807) is 0 Å². The number of hydrogen-bond acceptors (Lipinski definition) is 6. The lowest BCUT2D eigenvalue weighted by atomic mass is 10.0. The molecular weight excluding hydrogens is 334 g/mol. The molecule has 0 aliphatic heterocycles. The summed E-state index contributed by atoms with van der Waals surface area (Å²) in [6.07, 6.45) is -0.240. The molecular formula is C14H25N5O6. The first kappa shape index (κ1) is 22.3. The zero-order valence-electron chi connectivity index (χ0n) is 14.2. The van der Waals surface area contributed by atoms with Gasteiger partial charge < -0.3 is 32.5 Å². The van der Waals surface area contributed by atoms with Crippen LogP contribution in [-0.2, 0) is 24.0 Å². The van der Waals surface area contributed by atoms with Crippen LogP contribution in [0.1, 0.15) is 26.7 Å². The van der Waals surface area contributed by atoms with Crippen LogP contribution >= 0.6 is 0 Å². The fourth-order valence-electron chi connectivity index (χ4n) is 1.89. The van der Waals surface area contributed by atoms with E-state index in [9.17, 15) is 24.0 Å². The average Bonchev–Trinajstić information content (AvgIpc) is 2.50. The van der Waals surface area contributed by atoms with Crippen LogP contribution in [0.3, 0.4) is 0 Å². The van der Waals surface area contributed by atoms with E-state index in [-0.39, 0.29) is 12.5 Å². The molecule has 8 N–H and O–H groups in total. The van der Waals surface area contributed by atoms with Crippen LogP contribution in [0.2, 0.25) is 0 Å². The molecule has 0 rings (SSSR count).